The number of hydrogen-bond acceptors (Lipinski definition) is 2. The van der Waals surface area contributed by atoms with Gasteiger partial charge in [-0.1, -0.05) is 13.8 Å². The van der Waals surface area contributed by atoms with Crippen molar-refractivity contribution < 1.29 is 0 Å². The zero-order valence-corrected chi connectivity index (χ0v) is 15.6. The highest BCUT2D eigenvalue weighted by atomic mass is 15.0. The first-order valence-corrected chi connectivity index (χ1v) is 8.94. The Morgan fingerprint density at radius 1 is 1.00 bits per heavy atom. The third-order valence-electron chi connectivity index (χ3n) is 4.72. The molecule has 3 rings (SSSR count). The fourth-order valence-corrected chi connectivity index (χ4v) is 3.35. The fraction of sp³-hybridized carbons (Fsp3) is 0.429. The molecule has 0 unspecified atom stereocenters. The van der Waals surface area contributed by atoms with Crippen molar-refractivity contribution in [2.75, 3.05) is 0 Å². The molecule has 0 bridgehead atoms. The summed E-state index contributed by atoms with van der Waals surface area (Å²) >= 11 is 0. The fourth-order valence-electron chi connectivity index (χ4n) is 3.35. The highest BCUT2D eigenvalue weighted by molar-refractivity contribution is 5.84. The predicted octanol–water partition coefficient (Wildman–Crippen LogP) is 5.42. The van der Waals surface area contributed by atoms with Crippen LogP contribution < -0.4 is 0 Å². The first kappa shape index (κ1) is 16.7. The molecule has 3 aromatic heterocycles. The van der Waals surface area contributed by atoms with E-state index in [0.29, 0.717) is 6.04 Å². The van der Waals surface area contributed by atoms with Crippen LogP contribution in [0.4, 0.5) is 0 Å². The molecule has 3 heterocycles. The summed E-state index contributed by atoms with van der Waals surface area (Å²) in [5.41, 5.74) is 9.30. The Bertz CT molecular complexity index is 888. The number of aromatic nitrogens is 3. The summed E-state index contributed by atoms with van der Waals surface area (Å²) in [5, 5.41) is 0. The number of pyridine rings is 2. The van der Waals surface area contributed by atoms with E-state index in [1.165, 1.54) is 22.2 Å². The van der Waals surface area contributed by atoms with Gasteiger partial charge in [0.1, 0.15) is 0 Å². The van der Waals surface area contributed by atoms with Crippen molar-refractivity contribution in [3.63, 3.8) is 0 Å². The molecule has 0 fully saturated rings. The average Bonchev–Trinajstić information content (AvgIpc) is 2.89. The first-order chi connectivity index (χ1) is 11.5. The molecule has 0 saturated heterocycles. The summed E-state index contributed by atoms with van der Waals surface area (Å²) in [4.78, 5) is 9.87. The van der Waals surface area contributed by atoms with E-state index in [0.717, 1.165) is 35.4 Å². The molecule has 0 spiro atoms. The molecular formula is C21H27N3. The molecule has 0 atom stereocenters. The Balaban J connectivity index is 2.24. The summed E-state index contributed by atoms with van der Waals surface area (Å²) in [6.45, 7) is 13.0. The number of rotatable bonds is 4. The van der Waals surface area contributed by atoms with Gasteiger partial charge in [-0.25, -0.2) is 4.98 Å². The lowest BCUT2D eigenvalue weighted by molar-refractivity contribution is 0.621. The van der Waals surface area contributed by atoms with Crippen molar-refractivity contribution in [3.8, 4) is 11.3 Å². The normalized spacial score (nSPS) is 11.6. The SMILES string of the molecule is CCc1ccc(-c2nc3c(C)cn(C(C)C)c3cc2C)c(CC)n1. The van der Waals surface area contributed by atoms with Crippen LogP contribution >= 0.6 is 0 Å². The molecule has 3 aromatic rings. The van der Waals surface area contributed by atoms with Crippen LogP contribution in [0, 0.1) is 13.8 Å². The third-order valence-corrected chi connectivity index (χ3v) is 4.72. The molecule has 0 saturated carbocycles. The zero-order chi connectivity index (χ0) is 17.4. The smallest absolute Gasteiger partial charge is 0.0917 e. The lowest BCUT2D eigenvalue weighted by atomic mass is 10.0. The second-order valence-electron chi connectivity index (χ2n) is 6.84. The first-order valence-electron chi connectivity index (χ1n) is 8.94. The van der Waals surface area contributed by atoms with E-state index in [-0.39, 0.29) is 0 Å². The van der Waals surface area contributed by atoms with Gasteiger partial charge in [-0.2, -0.15) is 0 Å². The Morgan fingerprint density at radius 3 is 2.38 bits per heavy atom. The van der Waals surface area contributed by atoms with Gasteiger partial charge in [-0.15, -0.1) is 0 Å². The summed E-state index contributed by atoms with van der Waals surface area (Å²) in [6.07, 6.45) is 4.11. The predicted molar refractivity (Wildman–Crippen MR) is 102 cm³/mol. The standard InChI is InChI=1S/C21H27N3/c1-7-16-9-10-17(18(8-2)22-16)20-14(5)11-19-21(23-20)15(6)12-24(19)13(3)4/h9-13H,7-8H2,1-6H3. The highest BCUT2D eigenvalue weighted by Gasteiger charge is 2.15. The van der Waals surface area contributed by atoms with E-state index in [2.05, 4.69) is 70.5 Å². The Kier molecular flexibility index (Phi) is 4.44. The molecule has 126 valence electrons. The molecule has 0 N–H and O–H groups in total. The van der Waals surface area contributed by atoms with Gasteiger partial charge in [0.05, 0.1) is 16.7 Å². The zero-order valence-electron chi connectivity index (χ0n) is 15.6. The molecule has 0 aliphatic carbocycles. The molecule has 0 aromatic carbocycles. The maximum atomic E-state index is 5.05. The molecule has 0 radical (unpaired) electrons. The maximum absolute atomic E-state index is 5.05. The van der Waals surface area contributed by atoms with Crippen LogP contribution in [0.5, 0.6) is 0 Å². The second-order valence-corrected chi connectivity index (χ2v) is 6.84. The van der Waals surface area contributed by atoms with Crippen LogP contribution in [0.3, 0.4) is 0 Å². The van der Waals surface area contributed by atoms with E-state index in [4.69, 9.17) is 9.97 Å². The summed E-state index contributed by atoms with van der Waals surface area (Å²) in [5.74, 6) is 0. The van der Waals surface area contributed by atoms with Gasteiger partial charge in [0.25, 0.3) is 0 Å². The maximum Gasteiger partial charge on any atom is 0.0917 e. The van der Waals surface area contributed by atoms with Crippen LogP contribution in [0.1, 0.15) is 56.3 Å². The Hall–Kier alpha value is -2.16. The van der Waals surface area contributed by atoms with Gasteiger partial charge in [0.2, 0.25) is 0 Å². The monoisotopic (exact) mass is 321 g/mol. The Morgan fingerprint density at radius 2 is 1.75 bits per heavy atom. The van der Waals surface area contributed by atoms with Crippen LogP contribution in [-0.4, -0.2) is 14.5 Å². The van der Waals surface area contributed by atoms with Crippen molar-refractivity contribution in [1.29, 1.82) is 0 Å². The van der Waals surface area contributed by atoms with E-state index in [9.17, 15) is 0 Å². The highest BCUT2D eigenvalue weighted by Crippen LogP contribution is 2.31. The van der Waals surface area contributed by atoms with E-state index >= 15 is 0 Å². The minimum atomic E-state index is 0.435. The molecule has 24 heavy (non-hydrogen) atoms. The minimum Gasteiger partial charge on any atom is -0.343 e. The molecule has 0 amide bonds. The summed E-state index contributed by atoms with van der Waals surface area (Å²) in [6, 6.07) is 7.04. The second kappa shape index (κ2) is 6.39. The van der Waals surface area contributed by atoms with Crippen molar-refractivity contribution in [1.82, 2.24) is 14.5 Å². The number of nitrogens with zero attached hydrogens (tertiary/aromatic N) is 3. The van der Waals surface area contributed by atoms with E-state index < -0.39 is 0 Å². The van der Waals surface area contributed by atoms with Crippen molar-refractivity contribution >= 4 is 11.0 Å². The number of fused-ring (bicyclic) bond motifs is 1. The molecule has 0 aliphatic heterocycles. The quantitative estimate of drug-likeness (QED) is 0.642. The van der Waals surface area contributed by atoms with Crippen LogP contribution in [0.15, 0.2) is 24.4 Å². The van der Waals surface area contributed by atoms with Crippen LogP contribution in [0.2, 0.25) is 0 Å². The largest absolute Gasteiger partial charge is 0.343 e. The number of hydrogen-bond donors (Lipinski definition) is 0. The van der Waals surface area contributed by atoms with Gasteiger partial charge in [-0.3, -0.25) is 4.98 Å². The van der Waals surface area contributed by atoms with Crippen molar-refractivity contribution in [2.24, 2.45) is 0 Å². The van der Waals surface area contributed by atoms with Gasteiger partial charge < -0.3 is 4.57 Å². The summed E-state index contributed by atoms with van der Waals surface area (Å²) < 4.78 is 2.31. The minimum absolute atomic E-state index is 0.435. The van der Waals surface area contributed by atoms with Crippen LogP contribution in [0.25, 0.3) is 22.3 Å². The van der Waals surface area contributed by atoms with Gasteiger partial charge in [-0.05, 0) is 69.9 Å². The topological polar surface area (TPSA) is 30.7 Å². The third kappa shape index (κ3) is 2.72. The lowest BCUT2D eigenvalue weighted by Gasteiger charge is -2.13. The lowest BCUT2D eigenvalue weighted by Crippen LogP contribution is -2.01. The average molecular weight is 321 g/mol. The summed E-state index contributed by atoms with van der Waals surface area (Å²) in [7, 11) is 0. The molecule has 3 heteroatoms. The van der Waals surface area contributed by atoms with Gasteiger partial charge in [0.15, 0.2) is 0 Å². The number of aryl methyl sites for hydroxylation is 4. The van der Waals surface area contributed by atoms with Crippen LogP contribution in [-0.2, 0) is 12.8 Å². The van der Waals surface area contributed by atoms with Gasteiger partial charge >= 0.3 is 0 Å². The van der Waals surface area contributed by atoms with Crippen molar-refractivity contribution in [3.05, 3.63) is 46.9 Å². The molecular weight excluding hydrogens is 294 g/mol. The van der Waals surface area contributed by atoms with E-state index in [1.807, 2.05) is 0 Å². The molecule has 0 aliphatic rings. The van der Waals surface area contributed by atoms with E-state index in [1.54, 1.807) is 0 Å². The van der Waals surface area contributed by atoms with Gasteiger partial charge in [0, 0.05) is 29.2 Å². The molecule has 3 nitrogen and oxygen atoms in total. The van der Waals surface area contributed by atoms with Crippen molar-refractivity contribution in [2.45, 2.75) is 60.4 Å². The Labute approximate surface area is 144 Å².